The van der Waals surface area contributed by atoms with Gasteiger partial charge in [-0.15, -0.1) is 0 Å². The Kier molecular flexibility index (Phi) is 3.47. The predicted molar refractivity (Wildman–Crippen MR) is 48.8 cm³/mol. The molecule has 1 saturated heterocycles. The number of nitrogens with two attached hydrogens (primary N) is 1. The third kappa shape index (κ3) is 2.17. The fourth-order valence-corrected chi connectivity index (χ4v) is 1.64. The van der Waals surface area contributed by atoms with Crippen molar-refractivity contribution in [3.8, 4) is 0 Å². The average molecular weight is 174 g/mol. The first-order valence-electron chi connectivity index (χ1n) is 4.78. The smallest absolute Gasteiger partial charge is 0.118 e. The molecule has 2 N–H and O–H groups in total. The number of likely N-dealkylation sites (tertiary alicyclic amines) is 1. The molecule has 0 spiro atoms. The van der Waals surface area contributed by atoms with Gasteiger partial charge in [-0.3, -0.25) is 4.90 Å². The minimum Gasteiger partial charge on any atom is -0.324 e. The summed E-state index contributed by atoms with van der Waals surface area (Å²) in [5.41, 5.74) is 5.64. The number of piperidine rings is 1. The Morgan fingerprint density at radius 2 is 2.33 bits per heavy atom. The van der Waals surface area contributed by atoms with Crippen molar-refractivity contribution in [2.45, 2.75) is 44.9 Å². The van der Waals surface area contributed by atoms with Gasteiger partial charge in [0, 0.05) is 25.2 Å². The summed E-state index contributed by atoms with van der Waals surface area (Å²) in [6.07, 6.45) is 0.931. The predicted octanol–water partition coefficient (Wildman–Crippen LogP) is 1.16. The molecule has 0 radical (unpaired) electrons. The number of alkyl halides is 1. The van der Waals surface area contributed by atoms with Crippen LogP contribution in [0.25, 0.3) is 0 Å². The molecule has 1 aliphatic heterocycles. The van der Waals surface area contributed by atoms with E-state index >= 15 is 0 Å². The van der Waals surface area contributed by atoms with Crippen LogP contribution in [-0.2, 0) is 0 Å². The van der Waals surface area contributed by atoms with E-state index in [0.717, 1.165) is 19.5 Å². The number of hydrogen-bond acceptors (Lipinski definition) is 2. The zero-order valence-electron chi connectivity index (χ0n) is 7.96. The van der Waals surface area contributed by atoms with Crippen molar-refractivity contribution in [2.24, 2.45) is 5.73 Å². The van der Waals surface area contributed by atoms with Crippen LogP contribution in [0, 0.1) is 0 Å². The lowest BCUT2D eigenvalue weighted by atomic mass is 10.0. The zero-order valence-corrected chi connectivity index (χ0v) is 7.96. The topological polar surface area (TPSA) is 29.3 Å². The average Bonchev–Trinajstić information content (AvgIpc) is 2.08. The van der Waals surface area contributed by atoms with Gasteiger partial charge in [-0.1, -0.05) is 6.92 Å². The van der Waals surface area contributed by atoms with Gasteiger partial charge in [-0.05, 0) is 19.8 Å². The minimum absolute atomic E-state index is 0.271. The lowest BCUT2D eigenvalue weighted by molar-refractivity contribution is 0.0969. The molecule has 0 aromatic heterocycles. The minimum atomic E-state index is -0.787. The Labute approximate surface area is 73.9 Å². The second-order valence-electron chi connectivity index (χ2n) is 3.72. The first-order chi connectivity index (χ1) is 5.65. The van der Waals surface area contributed by atoms with Gasteiger partial charge < -0.3 is 5.73 Å². The Hall–Kier alpha value is -0.150. The fourth-order valence-electron chi connectivity index (χ4n) is 1.64. The highest BCUT2D eigenvalue weighted by Crippen LogP contribution is 2.15. The maximum Gasteiger partial charge on any atom is 0.118 e. The van der Waals surface area contributed by atoms with E-state index < -0.39 is 6.17 Å². The summed E-state index contributed by atoms with van der Waals surface area (Å²) in [5.74, 6) is 0. The summed E-state index contributed by atoms with van der Waals surface area (Å²) in [6, 6.07) is 0.274. The van der Waals surface area contributed by atoms with Crippen molar-refractivity contribution in [2.75, 3.05) is 13.1 Å². The van der Waals surface area contributed by atoms with Crippen LogP contribution in [-0.4, -0.2) is 36.2 Å². The largest absolute Gasteiger partial charge is 0.324 e. The first-order valence-corrected chi connectivity index (χ1v) is 4.78. The molecule has 3 atom stereocenters. The fraction of sp³-hybridized carbons (Fsp3) is 1.00. The molecular weight excluding hydrogens is 155 g/mol. The van der Waals surface area contributed by atoms with Gasteiger partial charge >= 0.3 is 0 Å². The molecule has 1 rings (SSSR count). The number of nitrogens with zero attached hydrogens (tertiary/aromatic N) is 1. The number of hydrogen-bond donors (Lipinski definition) is 1. The van der Waals surface area contributed by atoms with Gasteiger partial charge in [0.1, 0.15) is 6.17 Å². The van der Waals surface area contributed by atoms with Gasteiger partial charge in [0.15, 0.2) is 0 Å². The van der Waals surface area contributed by atoms with E-state index in [4.69, 9.17) is 5.73 Å². The van der Waals surface area contributed by atoms with Gasteiger partial charge in [-0.2, -0.15) is 0 Å². The highest BCUT2D eigenvalue weighted by molar-refractivity contribution is 4.84. The molecule has 0 aromatic rings. The summed E-state index contributed by atoms with van der Waals surface area (Å²) in [7, 11) is 0. The molecule has 0 bridgehead atoms. The monoisotopic (exact) mass is 174 g/mol. The molecule has 0 saturated carbocycles. The highest BCUT2D eigenvalue weighted by Gasteiger charge is 2.27. The van der Waals surface area contributed by atoms with Crippen molar-refractivity contribution >= 4 is 0 Å². The Balaban J connectivity index is 2.39. The number of rotatable bonds is 2. The molecule has 1 unspecified atom stereocenters. The summed E-state index contributed by atoms with van der Waals surface area (Å²) in [6.45, 7) is 5.91. The van der Waals surface area contributed by atoms with Crippen LogP contribution in [0.4, 0.5) is 4.39 Å². The third-order valence-corrected chi connectivity index (χ3v) is 2.82. The van der Waals surface area contributed by atoms with Gasteiger partial charge in [0.25, 0.3) is 0 Å². The van der Waals surface area contributed by atoms with E-state index in [-0.39, 0.29) is 6.04 Å². The summed E-state index contributed by atoms with van der Waals surface area (Å²) >= 11 is 0. The molecular formula is C9H19FN2. The Morgan fingerprint density at radius 3 is 2.83 bits per heavy atom. The van der Waals surface area contributed by atoms with Crippen LogP contribution in [0.15, 0.2) is 0 Å². The van der Waals surface area contributed by atoms with Crippen LogP contribution >= 0.6 is 0 Å². The van der Waals surface area contributed by atoms with Gasteiger partial charge in [0.2, 0.25) is 0 Å². The third-order valence-electron chi connectivity index (χ3n) is 2.82. The zero-order chi connectivity index (χ0) is 9.14. The molecule has 0 aromatic carbocycles. The van der Waals surface area contributed by atoms with Crippen LogP contribution in [0.2, 0.25) is 0 Å². The van der Waals surface area contributed by atoms with Crippen LogP contribution in [0.1, 0.15) is 26.7 Å². The van der Waals surface area contributed by atoms with E-state index in [1.165, 1.54) is 0 Å². The maximum atomic E-state index is 13.0. The van der Waals surface area contributed by atoms with Crippen molar-refractivity contribution in [1.82, 2.24) is 4.90 Å². The van der Waals surface area contributed by atoms with E-state index in [0.29, 0.717) is 12.5 Å². The second-order valence-corrected chi connectivity index (χ2v) is 3.72. The first kappa shape index (κ1) is 9.93. The van der Waals surface area contributed by atoms with Crippen LogP contribution in [0.5, 0.6) is 0 Å². The van der Waals surface area contributed by atoms with E-state index in [1.807, 2.05) is 0 Å². The van der Waals surface area contributed by atoms with Crippen LogP contribution in [0.3, 0.4) is 0 Å². The Morgan fingerprint density at radius 1 is 1.67 bits per heavy atom. The highest BCUT2D eigenvalue weighted by atomic mass is 19.1. The second kappa shape index (κ2) is 4.19. The van der Waals surface area contributed by atoms with E-state index in [1.54, 1.807) is 0 Å². The lowest BCUT2D eigenvalue weighted by Gasteiger charge is -2.36. The lowest BCUT2D eigenvalue weighted by Crippen LogP contribution is -2.52. The standard InChI is InChI=1S/C9H19FN2/c1-3-7(2)12-5-4-8(10)9(11)6-12/h7-9H,3-6,11H2,1-2H3/t7?,8-,9+/m1/s1. The van der Waals surface area contributed by atoms with Crippen molar-refractivity contribution in [3.05, 3.63) is 0 Å². The van der Waals surface area contributed by atoms with Crippen molar-refractivity contribution in [1.29, 1.82) is 0 Å². The van der Waals surface area contributed by atoms with Crippen LogP contribution < -0.4 is 5.73 Å². The molecule has 1 heterocycles. The maximum absolute atomic E-state index is 13.0. The molecule has 1 fully saturated rings. The van der Waals surface area contributed by atoms with E-state index in [9.17, 15) is 4.39 Å². The quantitative estimate of drug-likeness (QED) is 0.680. The Bertz CT molecular complexity index is 140. The summed E-state index contributed by atoms with van der Waals surface area (Å²) in [4.78, 5) is 2.28. The molecule has 0 amide bonds. The molecule has 1 aliphatic rings. The summed E-state index contributed by atoms with van der Waals surface area (Å²) in [5, 5.41) is 0. The van der Waals surface area contributed by atoms with Gasteiger partial charge in [-0.25, -0.2) is 4.39 Å². The molecule has 3 heteroatoms. The SMILES string of the molecule is CCC(C)N1CC[C@@H](F)[C@@H](N)C1. The van der Waals surface area contributed by atoms with Gasteiger partial charge in [0.05, 0.1) is 0 Å². The molecule has 72 valence electrons. The van der Waals surface area contributed by atoms with Crippen molar-refractivity contribution in [3.63, 3.8) is 0 Å². The van der Waals surface area contributed by atoms with E-state index in [2.05, 4.69) is 18.7 Å². The molecule has 12 heavy (non-hydrogen) atoms. The van der Waals surface area contributed by atoms with Crippen molar-refractivity contribution < 1.29 is 4.39 Å². The molecule has 0 aliphatic carbocycles. The normalized spacial score (nSPS) is 35.0. The number of halogens is 1. The summed E-state index contributed by atoms with van der Waals surface area (Å²) < 4.78 is 13.0. The molecule has 2 nitrogen and oxygen atoms in total.